The second-order valence-electron chi connectivity index (χ2n) is 6.15. The lowest BCUT2D eigenvalue weighted by Gasteiger charge is -2.29. The fourth-order valence-electron chi connectivity index (χ4n) is 3.02. The second-order valence-corrected chi connectivity index (χ2v) is 6.15. The Morgan fingerprint density at radius 3 is 2.33 bits per heavy atom. The topological polar surface area (TPSA) is 24.1 Å². The summed E-state index contributed by atoms with van der Waals surface area (Å²) in [5.41, 5.74) is 0. The summed E-state index contributed by atoms with van der Waals surface area (Å²) in [6.07, 6.45) is 10.1. The standard InChI is InChI=1S/C16H34N2/c1-4-6-7-15-8-10-16(11-9-15)13-18-14(3)12-17-5-2/h14-18H,4-13H2,1-3H3. The van der Waals surface area contributed by atoms with Gasteiger partial charge in [-0.2, -0.15) is 0 Å². The van der Waals surface area contributed by atoms with Gasteiger partial charge in [-0.3, -0.25) is 0 Å². The Morgan fingerprint density at radius 1 is 1.06 bits per heavy atom. The molecule has 2 heteroatoms. The maximum absolute atomic E-state index is 3.68. The van der Waals surface area contributed by atoms with Crippen LogP contribution in [0.4, 0.5) is 0 Å². The molecule has 0 aliphatic heterocycles. The van der Waals surface area contributed by atoms with Gasteiger partial charge in [0.15, 0.2) is 0 Å². The van der Waals surface area contributed by atoms with Gasteiger partial charge in [-0.15, -0.1) is 0 Å². The van der Waals surface area contributed by atoms with Crippen LogP contribution in [0, 0.1) is 11.8 Å². The summed E-state index contributed by atoms with van der Waals surface area (Å²) in [6, 6.07) is 0.614. The van der Waals surface area contributed by atoms with E-state index in [9.17, 15) is 0 Å². The minimum absolute atomic E-state index is 0.614. The smallest absolute Gasteiger partial charge is 0.0164 e. The molecule has 1 atom stereocenters. The van der Waals surface area contributed by atoms with E-state index in [2.05, 4.69) is 31.4 Å². The molecule has 0 radical (unpaired) electrons. The van der Waals surface area contributed by atoms with Gasteiger partial charge in [-0.25, -0.2) is 0 Å². The highest BCUT2D eigenvalue weighted by molar-refractivity contribution is 4.75. The van der Waals surface area contributed by atoms with Gasteiger partial charge < -0.3 is 10.6 Å². The molecule has 1 rings (SSSR count). The number of likely N-dealkylation sites (N-methyl/N-ethyl adjacent to an activating group) is 1. The normalized spacial score (nSPS) is 26.2. The van der Waals surface area contributed by atoms with Gasteiger partial charge in [0.1, 0.15) is 0 Å². The molecule has 0 aromatic carbocycles. The molecule has 18 heavy (non-hydrogen) atoms. The molecule has 0 aromatic rings. The van der Waals surface area contributed by atoms with Gasteiger partial charge in [0, 0.05) is 12.6 Å². The van der Waals surface area contributed by atoms with Crippen LogP contribution in [-0.2, 0) is 0 Å². The fraction of sp³-hybridized carbons (Fsp3) is 1.00. The third kappa shape index (κ3) is 6.75. The van der Waals surface area contributed by atoms with Crippen molar-refractivity contribution in [3.8, 4) is 0 Å². The Bertz CT molecular complexity index is 186. The predicted molar refractivity (Wildman–Crippen MR) is 81.0 cm³/mol. The zero-order chi connectivity index (χ0) is 13.2. The number of rotatable bonds is 9. The van der Waals surface area contributed by atoms with Crippen molar-refractivity contribution in [2.45, 2.75) is 71.8 Å². The van der Waals surface area contributed by atoms with Crippen LogP contribution in [0.5, 0.6) is 0 Å². The highest BCUT2D eigenvalue weighted by Gasteiger charge is 2.20. The lowest BCUT2D eigenvalue weighted by atomic mass is 9.80. The van der Waals surface area contributed by atoms with Crippen molar-refractivity contribution in [3.63, 3.8) is 0 Å². The minimum atomic E-state index is 0.614. The average Bonchev–Trinajstić information content (AvgIpc) is 2.41. The molecule has 2 N–H and O–H groups in total. The lowest BCUT2D eigenvalue weighted by Crippen LogP contribution is -2.39. The Morgan fingerprint density at radius 2 is 1.72 bits per heavy atom. The Hall–Kier alpha value is -0.0800. The second kappa shape index (κ2) is 9.80. The summed E-state index contributed by atoms with van der Waals surface area (Å²) < 4.78 is 0. The Balaban J connectivity index is 2.04. The van der Waals surface area contributed by atoms with Crippen LogP contribution in [-0.4, -0.2) is 25.7 Å². The molecule has 1 unspecified atom stereocenters. The van der Waals surface area contributed by atoms with Crippen molar-refractivity contribution >= 4 is 0 Å². The summed E-state index contributed by atoms with van der Waals surface area (Å²) in [5.74, 6) is 1.98. The lowest BCUT2D eigenvalue weighted by molar-refractivity contribution is 0.249. The third-order valence-electron chi connectivity index (χ3n) is 4.39. The summed E-state index contributed by atoms with van der Waals surface area (Å²) in [6.45, 7) is 10.2. The fourth-order valence-corrected chi connectivity index (χ4v) is 3.02. The van der Waals surface area contributed by atoms with Crippen molar-refractivity contribution in [2.75, 3.05) is 19.6 Å². The van der Waals surface area contributed by atoms with E-state index in [-0.39, 0.29) is 0 Å². The molecule has 2 nitrogen and oxygen atoms in total. The molecule has 1 saturated carbocycles. The van der Waals surface area contributed by atoms with Crippen LogP contribution in [0.15, 0.2) is 0 Å². The van der Waals surface area contributed by atoms with Gasteiger partial charge in [-0.05, 0) is 44.7 Å². The van der Waals surface area contributed by atoms with Crippen molar-refractivity contribution in [3.05, 3.63) is 0 Å². The Kier molecular flexibility index (Phi) is 8.70. The van der Waals surface area contributed by atoms with E-state index in [1.165, 1.54) is 51.5 Å². The van der Waals surface area contributed by atoms with Crippen LogP contribution in [0.1, 0.15) is 65.7 Å². The number of hydrogen-bond acceptors (Lipinski definition) is 2. The van der Waals surface area contributed by atoms with Crippen molar-refractivity contribution < 1.29 is 0 Å². The van der Waals surface area contributed by atoms with Crippen molar-refractivity contribution in [1.82, 2.24) is 10.6 Å². The minimum Gasteiger partial charge on any atom is -0.315 e. The first-order valence-electron chi connectivity index (χ1n) is 8.20. The van der Waals surface area contributed by atoms with Gasteiger partial charge in [0.2, 0.25) is 0 Å². The van der Waals surface area contributed by atoms with Gasteiger partial charge in [0.25, 0.3) is 0 Å². The third-order valence-corrected chi connectivity index (χ3v) is 4.39. The van der Waals surface area contributed by atoms with Crippen molar-refractivity contribution in [1.29, 1.82) is 0 Å². The van der Waals surface area contributed by atoms with Gasteiger partial charge in [-0.1, -0.05) is 46.0 Å². The largest absolute Gasteiger partial charge is 0.315 e. The van der Waals surface area contributed by atoms with Crippen LogP contribution in [0.3, 0.4) is 0 Å². The molecular weight excluding hydrogens is 220 g/mol. The van der Waals surface area contributed by atoms with Crippen LogP contribution >= 0.6 is 0 Å². The number of unbranched alkanes of at least 4 members (excludes halogenated alkanes) is 1. The summed E-state index contributed by atoms with van der Waals surface area (Å²) in [7, 11) is 0. The highest BCUT2D eigenvalue weighted by atomic mass is 15.0. The summed E-state index contributed by atoms with van der Waals surface area (Å²) >= 11 is 0. The molecule has 1 aliphatic rings. The van der Waals surface area contributed by atoms with Crippen LogP contribution in [0.25, 0.3) is 0 Å². The first-order valence-corrected chi connectivity index (χ1v) is 8.20. The molecule has 108 valence electrons. The van der Waals surface area contributed by atoms with Crippen LogP contribution in [0.2, 0.25) is 0 Å². The first kappa shape index (κ1) is 16.0. The maximum atomic E-state index is 3.68. The van der Waals surface area contributed by atoms with E-state index < -0.39 is 0 Å². The monoisotopic (exact) mass is 254 g/mol. The molecule has 0 heterocycles. The molecule has 0 saturated heterocycles. The van der Waals surface area contributed by atoms with E-state index in [4.69, 9.17) is 0 Å². The molecule has 0 bridgehead atoms. The van der Waals surface area contributed by atoms with E-state index in [1.54, 1.807) is 0 Å². The van der Waals surface area contributed by atoms with Crippen LogP contribution < -0.4 is 10.6 Å². The molecule has 1 aliphatic carbocycles. The molecule has 0 amide bonds. The zero-order valence-electron chi connectivity index (χ0n) is 12.8. The SMILES string of the molecule is CCCCC1CCC(CNC(C)CNCC)CC1. The Labute approximate surface area is 114 Å². The molecule has 0 spiro atoms. The van der Waals surface area contributed by atoms with Gasteiger partial charge in [0.05, 0.1) is 0 Å². The highest BCUT2D eigenvalue weighted by Crippen LogP contribution is 2.31. The summed E-state index contributed by atoms with van der Waals surface area (Å²) in [5, 5.41) is 7.09. The van der Waals surface area contributed by atoms with E-state index >= 15 is 0 Å². The molecule has 1 fully saturated rings. The van der Waals surface area contributed by atoms with Crippen molar-refractivity contribution in [2.24, 2.45) is 11.8 Å². The molecular formula is C16H34N2. The van der Waals surface area contributed by atoms with Gasteiger partial charge >= 0.3 is 0 Å². The predicted octanol–water partition coefficient (Wildman–Crippen LogP) is 3.57. The molecule has 0 aromatic heterocycles. The number of hydrogen-bond donors (Lipinski definition) is 2. The zero-order valence-corrected chi connectivity index (χ0v) is 12.8. The summed E-state index contributed by atoms with van der Waals surface area (Å²) in [4.78, 5) is 0. The first-order chi connectivity index (χ1) is 8.76. The maximum Gasteiger partial charge on any atom is 0.0164 e. The van der Waals surface area contributed by atoms with E-state index in [0.717, 1.165) is 24.9 Å². The average molecular weight is 254 g/mol. The van der Waals surface area contributed by atoms with E-state index in [1.807, 2.05) is 0 Å². The van der Waals surface area contributed by atoms with E-state index in [0.29, 0.717) is 6.04 Å². The number of nitrogens with one attached hydrogen (secondary N) is 2. The quantitative estimate of drug-likeness (QED) is 0.657.